The van der Waals surface area contributed by atoms with E-state index in [4.69, 9.17) is 10.2 Å². The molecule has 0 unspecified atom stereocenters. The van der Waals surface area contributed by atoms with Gasteiger partial charge in [0.1, 0.15) is 24.4 Å². The number of aliphatic hydroxyl groups is 5. The average Bonchev–Trinajstić information content (AvgIpc) is 2.58. The van der Waals surface area contributed by atoms with E-state index in [1.54, 1.807) is 30.3 Å². The molecule has 8 nitrogen and oxygen atoms in total. The first kappa shape index (κ1) is 19.1. The van der Waals surface area contributed by atoms with Crippen molar-refractivity contribution < 1.29 is 39.9 Å². The summed E-state index contributed by atoms with van der Waals surface area (Å²) in [4.78, 5) is 35.1. The SMILES string of the molecule is O=C(Cc1ccccc1)C(=O)C(=O)[C@H](O)[C@@H](O)[C@H](O)[C@H](O)CO. The van der Waals surface area contributed by atoms with Crippen LogP contribution in [0.25, 0.3) is 0 Å². The Balaban J connectivity index is 2.71. The van der Waals surface area contributed by atoms with Crippen LogP contribution in [0.4, 0.5) is 0 Å². The molecule has 0 aliphatic carbocycles. The first-order valence-corrected chi connectivity index (χ1v) is 6.78. The standard InChI is InChI=1S/C15H18O8/c16-7-10(18)12(20)14(22)15(23)13(21)11(19)9(17)6-8-4-2-1-3-5-8/h1-5,10,12,14-16,18,20,22-23H,6-7H2/t10-,12-,14+,15+/m1/s1. The normalized spacial score (nSPS) is 16.2. The van der Waals surface area contributed by atoms with E-state index in [9.17, 15) is 29.7 Å². The molecule has 0 saturated heterocycles. The molecule has 0 aliphatic rings. The van der Waals surface area contributed by atoms with Gasteiger partial charge in [-0.05, 0) is 5.56 Å². The fourth-order valence-electron chi connectivity index (χ4n) is 1.81. The Morgan fingerprint density at radius 2 is 1.48 bits per heavy atom. The van der Waals surface area contributed by atoms with Gasteiger partial charge in [-0.15, -0.1) is 0 Å². The summed E-state index contributed by atoms with van der Waals surface area (Å²) in [5.41, 5.74) is 0.490. The summed E-state index contributed by atoms with van der Waals surface area (Å²) >= 11 is 0. The lowest BCUT2D eigenvalue weighted by atomic mass is 9.95. The molecule has 23 heavy (non-hydrogen) atoms. The minimum Gasteiger partial charge on any atom is -0.394 e. The first-order valence-electron chi connectivity index (χ1n) is 6.78. The third-order valence-electron chi connectivity index (χ3n) is 3.21. The van der Waals surface area contributed by atoms with Crippen LogP contribution in [0.15, 0.2) is 30.3 Å². The number of ketones is 3. The van der Waals surface area contributed by atoms with Crippen molar-refractivity contribution in [1.82, 2.24) is 0 Å². The zero-order valence-corrected chi connectivity index (χ0v) is 12.1. The predicted molar refractivity (Wildman–Crippen MR) is 76.3 cm³/mol. The van der Waals surface area contributed by atoms with E-state index in [0.29, 0.717) is 5.56 Å². The number of rotatable bonds is 9. The Labute approximate surface area is 131 Å². The number of carbonyl (C=O) groups is 3. The maximum atomic E-state index is 11.7. The highest BCUT2D eigenvalue weighted by Crippen LogP contribution is 2.08. The van der Waals surface area contributed by atoms with Gasteiger partial charge in [0.15, 0.2) is 0 Å². The van der Waals surface area contributed by atoms with Crippen LogP contribution < -0.4 is 0 Å². The monoisotopic (exact) mass is 326 g/mol. The van der Waals surface area contributed by atoms with E-state index in [-0.39, 0.29) is 6.42 Å². The molecule has 0 radical (unpaired) electrons. The second kappa shape index (κ2) is 8.61. The Hall–Kier alpha value is -1.97. The van der Waals surface area contributed by atoms with Gasteiger partial charge in [0.05, 0.1) is 6.61 Å². The third kappa shape index (κ3) is 5.02. The summed E-state index contributed by atoms with van der Waals surface area (Å²) < 4.78 is 0. The molecule has 5 N–H and O–H groups in total. The van der Waals surface area contributed by atoms with E-state index in [2.05, 4.69) is 0 Å². The van der Waals surface area contributed by atoms with E-state index < -0.39 is 48.4 Å². The lowest BCUT2D eigenvalue weighted by Crippen LogP contribution is -2.51. The van der Waals surface area contributed by atoms with Crippen molar-refractivity contribution in [3.8, 4) is 0 Å². The molecule has 0 bridgehead atoms. The fourth-order valence-corrected chi connectivity index (χ4v) is 1.81. The lowest BCUT2D eigenvalue weighted by Gasteiger charge is -2.24. The quantitative estimate of drug-likeness (QED) is 0.244. The topological polar surface area (TPSA) is 152 Å². The molecule has 0 fully saturated rings. The maximum Gasteiger partial charge on any atom is 0.267 e. The molecule has 0 aliphatic heterocycles. The highest BCUT2D eigenvalue weighted by Gasteiger charge is 2.38. The van der Waals surface area contributed by atoms with E-state index in [0.717, 1.165) is 0 Å². The third-order valence-corrected chi connectivity index (χ3v) is 3.21. The van der Waals surface area contributed by atoms with Crippen molar-refractivity contribution in [3.63, 3.8) is 0 Å². The van der Waals surface area contributed by atoms with Crippen LogP contribution in [-0.4, -0.2) is 73.9 Å². The first-order chi connectivity index (χ1) is 10.8. The lowest BCUT2D eigenvalue weighted by molar-refractivity contribution is -0.156. The zero-order chi connectivity index (χ0) is 17.6. The van der Waals surface area contributed by atoms with Crippen molar-refractivity contribution in [3.05, 3.63) is 35.9 Å². The van der Waals surface area contributed by atoms with Gasteiger partial charge in [0.2, 0.25) is 11.6 Å². The summed E-state index contributed by atoms with van der Waals surface area (Å²) in [6.07, 6.45) is -8.84. The molecule has 0 spiro atoms. The number of carbonyl (C=O) groups excluding carboxylic acids is 3. The Kier molecular flexibility index (Phi) is 7.14. The van der Waals surface area contributed by atoms with Crippen LogP contribution in [0, 0.1) is 0 Å². The maximum absolute atomic E-state index is 11.7. The van der Waals surface area contributed by atoms with Crippen LogP contribution in [0.1, 0.15) is 5.56 Å². The Morgan fingerprint density at radius 3 is 2.00 bits per heavy atom. The Morgan fingerprint density at radius 1 is 0.913 bits per heavy atom. The van der Waals surface area contributed by atoms with Gasteiger partial charge >= 0.3 is 0 Å². The van der Waals surface area contributed by atoms with Gasteiger partial charge in [-0.3, -0.25) is 14.4 Å². The number of aliphatic hydroxyl groups excluding tert-OH is 5. The molecule has 126 valence electrons. The molecule has 0 saturated carbocycles. The zero-order valence-electron chi connectivity index (χ0n) is 12.1. The highest BCUT2D eigenvalue weighted by molar-refractivity contribution is 6.64. The molecular weight excluding hydrogens is 308 g/mol. The minimum absolute atomic E-state index is 0.351. The summed E-state index contributed by atoms with van der Waals surface area (Å²) in [5, 5.41) is 46.2. The molecule has 0 aromatic heterocycles. The van der Waals surface area contributed by atoms with Gasteiger partial charge in [0.25, 0.3) is 5.78 Å². The van der Waals surface area contributed by atoms with Crippen LogP contribution in [-0.2, 0) is 20.8 Å². The van der Waals surface area contributed by atoms with Crippen molar-refractivity contribution in [2.75, 3.05) is 6.61 Å². The average molecular weight is 326 g/mol. The highest BCUT2D eigenvalue weighted by atomic mass is 16.4. The fraction of sp³-hybridized carbons (Fsp3) is 0.400. The van der Waals surface area contributed by atoms with Gasteiger partial charge in [-0.25, -0.2) is 0 Å². The molecule has 8 heteroatoms. The molecular formula is C15H18O8. The summed E-state index contributed by atoms with van der Waals surface area (Å²) in [6.45, 7) is -0.931. The molecule has 4 atom stereocenters. The molecule has 0 heterocycles. The minimum atomic E-state index is -2.39. The van der Waals surface area contributed by atoms with E-state index in [1.807, 2.05) is 0 Å². The largest absolute Gasteiger partial charge is 0.394 e. The van der Waals surface area contributed by atoms with E-state index in [1.165, 1.54) is 0 Å². The van der Waals surface area contributed by atoms with Crippen LogP contribution in [0.5, 0.6) is 0 Å². The van der Waals surface area contributed by atoms with Crippen LogP contribution >= 0.6 is 0 Å². The molecule has 0 amide bonds. The van der Waals surface area contributed by atoms with Crippen molar-refractivity contribution in [1.29, 1.82) is 0 Å². The van der Waals surface area contributed by atoms with Crippen molar-refractivity contribution >= 4 is 17.3 Å². The summed E-state index contributed by atoms with van der Waals surface area (Å²) in [5.74, 6) is -4.20. The number of hydrogen-bond donors (Lipinski definition) is 5. The van der Waals surface area contributed by atoms with Gasteiger partial charge in [-0.2, -0.15) is 0 Å². The summed E-state index contributed by atoms with van der Waals surface area (Å²) in [7, 11) is 0. The number of Topliss-reactive ketones (excluding diaryl/α,β-unsaturated/α-hetero) is 3. The van der Waals surface area contributed by atoms with Crippen LogP contribution in [0.3, 0.4) is 0 Å². The Bertz CT molecular complexity index is 556. The van der Waals surface area contributed by atoms with Gasteiger partial charge in [-0.1, -0.05) is 30.3 Å². The second-order valence-electron chi connectivity index (χ2n) is 4.95. The van der Waals surface area contributed by atoms with E-state index >= 15 is 0 Å². The summed E-state index contributed by atoms with van der Waals surface area (Å²) in [6, 6.07) is 8.12. The number of hydrogen-bond acceptors (Lipinski definition) is 8. The van der Waals surface area contributed by atoms with Gasteiger partial charge in [0, 0.05) is 6.42 Å². The molecule has 1 aromatic rings. The van der Waals surface area contributed by atoms with Gasteiger partial charge < -0.3 is 25.5 Å². The number of benzene rings is 1. The van der Waals surface area contributed by atoms with Crippen LogP contribution in [0.2, 0.25) is 0 Å². The second-order valence-corrected chi connectivity index (χ2v) is 4.95. The molecule has 1 rings (SSSR count). The smallest absolute Gasteiger partial charge is 0.267 e. The van der Waals surface area contributed by atoms with Crippen molar-refractivity contribution in [2.45, 2.75) is 30.8 Å². The predicted octanol–water partition coefficient (Wildman–Crippen LogP) is -2.63. The molecule has 1 aromatic carbocycles. The van der Waals surface area contributed by atoms with Crippen molar-refractivity contribution in [2.24, 2.45) is 0 Å².